The standard InChI is InChI=1S/Mo.2H2O.3O/h;2*1H2;;;. The maximum atomic E-state index is 8.59. The molecule has 0 saturated heterocycles. The molecule has 0 amide bonds. The van der Waals surface area contributed by atoms with E-state index in [1.54, 1.807) is 0 Å². The van der Waals surface area contributed by atoms with Crippen LogP contribution in [-0.4, -0.2) is 11.0 Å². The van der Waals surface area contributed by atoms with Gasteiger partial charge in [0.1, 0.15) is 0 Å². The zero-order chi connectivity index (χ0) is 3.58. The molecule has 0 spiro atoms. The molecule has 4 N–H and O–H groups in total. The Morgan fingerprint density at radius 1 is 0.833 bits per heavy atom. The van der Waals surface area contributed by atoms with E-state index < -0.39 is 17.2 Å². The fourth-order valence-corrected chi connectivity index (χ4v) is 0. The van der Waals surface area contributed by atoms with Gasteiger partial charge in [-0.1, -0.05) is 0 Å². The molecular formula is H4MoO5. The Labute approximate surface area is 39.1 Å². The summed E-state index contributed by atoms with van der Waals surface area (Å²) in [6.45, 7) is 0. The van der Waals surface area contributed by atoms with E-state index in [9.17, 15) is 0 Å². The van der Waals surface area contributed by atoms with E-state index in [-0.39, 0.29) is 11.0 Å². The Bertz CT molecular complexity index is 73.3. The van der Waals surface area contributed by atoms with Gasteiger partial charge >= 0.3 is 27.4 Å². The van der Waals surface area contributed by atoms with Gasteiger partial charge in [0.15, 0.2) is 0 Å². The molecule has 0 aliphatic heterocycles. The van der Waals surface area contributed by atoms with E-state index in [0.717, 1.165) is 0 Å². The van der Waals surface area contributed by atoms with E-state index in [2.05, 4.69) is 0 Å². The number of hydrogen-bond donors (Lipinski definition) is 0. The zero-order valence-electron chi connectivity index (χ0n) is 2.63. The molecule has 0 aliphatic rings. The van der Waals surface area contributed by atoms with Crippen molar-refractivity contribution in [2.45, 2.75) is 0 Å². The Morgan fingerprint density at radius 3 is 0.833 bits per heavy atom. The van der Waals surface area contributed by atoms with Crippen molar-refractivity contribution in [2.24, 2.45) is 0 Å². The van der Waals surface area contributed by atoms with Crippen LogP contribution >= 0.6 is 0 Å². The van der Waals surface area contributed by atoms with Gasteiger partial charge in [0.2, 0.25) is 0 Å². The molecule has 0 fully saturated rings. The summed E-state index contributed by atoms with van der Waals surface area (Å²) in [6.07, 6.45) is 0. The Balaban J connectivity index is -0.0000000450. The summed E-state index contributed by atoms with van der Waals surface area (Å²) in [5.74, 6) is 0. The third-order valence-electron chi connectivity index (χ3n) is 0. The molecule has 5 nitrogen and oxygen atoms in total. The first-order valence-electron chi connectivity index (χ1n) is 0.500. The number of rotatable bonds is 0. The average Bonchev–Trinajstić information content (AvgIpc) is 0.811. The van der Waals surface area contributed by atoms with Crippen molar-refractivity contribution in [3.63, 3.8) is 0 Å². The zero-order valence-corrected chi connectivity index (χ0v) is 4.64. The van der Waals surface area contributed by atoms with E-state index >= 15 is 0 Å². The first-order chi connectivity index (χ1) is 1.73. The minimum absolute atomic E-state index is 0. The molecule has 6 heteroatoms. The van der Waals surface area contributed by atoms with Crippen LogP contribution in [0.2, 0.25) is 0 Å². The van der Waals surface area contributed by atoms with Gasteiger partial charge in [-0.2, -0.15) is 0 Å². The van der Waals surface area contributed by atoms with Crippen LogP contribution in [0.1, 0.15) is 0 Å². The van der Waals surface area contributed by atoms with Crippen molar-refractivity contribution >= 4 is 0 Å². The topological polar surface area (TPSA) is 114 Å². The molecule has 0 bridgehead atoms. The molecule has 0 aliphatic carbocycles. The molecule has 6 heavy (non-hydrogen) atoms. The van der Waals surface area contributed by atoms with Crippen LogP contribution in [-0.2, 0) is 27.4 Å². The van der Waals surface area contributed by atoms with Gasteiger partial charge in [0.05, 0.1) is 0 Å². The Kier molecular flexibility index (Phi) is 24.7. The monoisotopic (exact) mass is 182 g/mol. The fourth-order valence-electron chi connectivity index (χ4n) is 0. The molecule has 40 valence electrons. The second-order valence-corrected chi connectivity index (χ2v) is 1.21. The van der Waals surface area contributed by atoms with Gasteiger partial charge in [-0.05, 0) is 0 Å². The first-order valence-corrected chi connectivity index (χ1v) is 2.96. The van der Waals surface area contributed by atoms with E-state index in [1.807, 2.05) is 0 Å². The predicted octanol–water partition coefficient (Wildman–Crippen LogP) is -2.01. The molecule has 0 heterocycles. The van der Waals surface area contributed by atoms with Crippen molar-refractivity contribution in [1.82, 2.24) is 0 Å². The third kappa shape index (κ3) is 525000. The summed E-state index contributed by atoms with van der Waals surface area (Å²) in [5, 5.41) is 0. The Hall–Kier alpha value is 0.00831. The SMILES string of the molecule is O.O.[O]=[Mo](=[O])=[O]. The van der Waals surface area contributed by atoms with Crippen molar-refractivity contribution in [3.8, 4) is 0 Å². The van der Waals surface area contributed by atoms with Crippen LogP contribution in [0, 0.1) is 0 Å². The quantitative estimate of drug-likeness (QED) is 0.401. The fraction of sp³-hybridized carbons (Fsp3) is 0. The molecule has 0 unspecified atom stereocenters. The summed E-state index contributed by atoms with van der Waals surface area (Å²) in [6, 6.07) is 0. The molecule has 0 rings (SSSR count). The molecule has 0 aromatic carbocycles. The van der Waals surface area contributed by atoms with Crippen molar-refractivity contribution in [3.05, 3.63) is 0 Å². The Morgan fingerprint density at radius 2 is 0.833 bits per heavy atom. The van der Waals surface area contributed by atoms with Gasteiger partial charge in [0.25, 0.3) is 0 Å². The van der Waals surface area contributed by atoms with Gasteiger partial charge in [-0.25, -0.2) is 0 Å². The van der Waals surface area contributed by atoms with Crippen LogP contribution in [0.4, 0.5) is 0 Å². The summed E-state index contributed by atoms with van der Waals surface area (Å²) < 4.78 is 25.8. The van der Waals surface area contributed by atoms with Gasteiger partial charge < -0.3 is 11.0 Å². The molecule has 0 aromatic rings. The van der Waals surface area contributed by atoms with Crippen LogP contribution in [0.25, 0.3) is 0 Å². The summed E-state index contributed by atoms with van der Waals surface area (Å²) in [5.41, 5.74) is 0. The molecule has 0 radical (unpaired) electrons. The number of hydrogen-bond acceptors (Lipinski definition) is 3. The molecule has 0 atom stereocenters. The second kappa shape index (κ2) is 8.89. The minimum atomic E-state index is -4.11. The first kappa shape index (κ1) is 16.7. The third-order valence-corrected chi connectivity index (χ3v) is 0. The normalized spacial score (nSPS) is 4.00. The van der Waals surface area contributed by atoms with Crippen LogP contribution in [0.5, 0.6) is 0 Å². The maximum absolute atomic E-state index is 8.59. The predicted molar refractivity (Wildman–Crippen MR) is 9.29 cm³/mol. The van der Waals surface area contributed by atoms with E-state index in [4.69, 9.17) is 10.2 Å². The summed E-state index contributed by atoms with van der Waals surface area (Å²) in [4.78, 5) is 0. The molecule has 0 aromatic heterocycles. The average molecular weight is 180 g/mol. The molecular weight excluding hydrogens is 176 g/mol. The summed E-state index contributed by atoms with van der Waals surface area (Å²) in [7, 11) is 0. The van der Waals surface area contributed by atoms with Gasteiger partial charge in [0, 0.05) is 0 Å². The van der Waals surface area contributed by atoms with Crippen LogP contribution in [0.3, 0.4) is 0 Å². The second-order valence-electron chi connectivity index (χ2n) is 0.204. The van der Waals surface area contributed by atoms with E-state index in [0.29, 0.717) is 0 Å². The summed E-state index contributed by atoms with van der Waals surface area (Å²) >= 11 is -4.11. The van der Waals surface area contributed by atoms with Crippen LogP contribution < -0.4 is 0 Å². The van der Waals surface area contributed by atoms with E-state index in [1.165, 1.54) is 0 Å². The molecule has 0 saturated carbocycles. The van der Waals surface area contributed by atoms with Crippen molar-refractivity contribution in [2.75, 3.05) is 0 Å². The van der Waals surface area contributed by atoms with Gasteiger partial charge in [-0.15, -0.1) is 0 Å². The van der Waals surface area contributed by atoms with Crippen LogP contribution in [0.15, 0.2) is 0 Å². The van der Waals surface area contributed by atoms with Gasteiger partial charge in [-0.3, -0.25) is 0 Å². The van der Waals surface area contributed by atoms with Crippen molar-refractivity contribution < 1.29 is 38.3 Å². The van der Waals surface area contributed by atoms with Crippen molar-refractivity contribution in [1.29, 1.82) is 0 Å².